The number of nitrogens with one attached hydrogen (secondary N) is 1. The first-order valence-electron chi connectivity index (χ1n) is 9.28. The molecule has 1 N–H and O–H groups in total. The van der Waals surface area contributed by atoms with Crippen molar-refractivity contribution in [3.8, 4) is 0 Å². The van der Waals surface area contributed by atoms with Gasteiger partial charge in [0.05, 0.1) is 0 Å². The Morgan fingerprint density at radius 2 is 1.67 bits per heavy atom. The van der Waals surface area contributed by atoms with E-state index < -0.39 is 19.2 Å². The third-order valence-corrected chi connectivity index (χ3v) is 7.14. The van der Waals surface area contributed by atoms with E-state index >= 15 is 0 Å². The molecular formula is C21H28NO4P. The van der Waals surface area contributed by atoms with Crippen LogP contribution < -0.4 is 10.6 Å². The van der Waals surface area contributed by atoms with E-state index in [1.807, 2.05) is 48.5 Å². The minimum atomic E-state index is -3.26. The van der Waals surface area contributed by atoms with Gasteiger partial charge in [-0.1, -0.05) is 74.7 Å². The van der Waals surface area contributed by atoms with Gasteiger partial charge in [-0.3, -0.25) is 4.57 Å². The average Bonchev–Trinajstić information content (AvgIpc) is 2.72. The van der Waals surface area contributed by atoms with E-state index in [1.165, 1.54) is 7.11 Å². The highest BCUT2D eigenvalue weighted by Crippen LogP contribution is 2.50. The molecule has 0 fully saturated rings. The van der Waals surface area contributed by atoms with Crippen molar-refractivity contribution in [1.82, 2.24) is 5.32 Å². The van der Waals surface area contributed by atoms with Crippen LogP contribution in [0.1, 0.15) is 38.2 Å². The van der Waals surface area contributed by atoms with Crippen LogP contribution in [0.4, 0.5) is 4.79 Å². The number of carbonyl (C=O) groups excluding carboxylic acids is 1. The molecule has 0 unspecified atom stereocenters. The zero-order chi connectivity index (χ0) is 19.5. The van der Waals surface area contributed by atoms with Crippen molar-refractivity contribution < 1.29 is 18.6 Å². The van der Waals surface area contributed by atoms with Gasteiger partial charge in [0.2, 0.25) is 0 Å². The average molecular weight is 389 g/mol. The van der Waals surface area contributed by atoms with E-state index in [9.17, 15) is 9.36 Å². The minimum absolute atomic E-state index is 0.164. The third kappa shape index (κ3) is 6.23. The predicted octanol–water partition coefficient (Wildman–Crippen LogP) is 5.07. The van der Waals surface area contributed by atoms with E-state index in [0.717, 1.165) is 24.8 Å². The number of carbonyl (C=O) groups is 1. The molecule has 0 saturated heterocycles. The van der Waals surface area contributed by atoms with Gasteiger partial charge in [0.1, 0.15) is 12.4 Å². The second-order valence-corrected chi connectivity index (χ2v) is 9.03. The summed E-state index contributed by atoms with van der Waals surface area (Å²) >= 11 is 0. The summed E-state index contributed by atoms with van der Waals surface area (Å²) in [6.45, 7) is 2.26. The smallest absolute Gasteiger partial charge is 0.408 e. The summed E-state index contributed by atoms with van der Waals surface area (Å²) in [7, 11) is -1.84. The lowest BCUT2D eigenvalue weighted by Crippen LogP contribution is -2.38. The molecule has 0 aliphatic carbocycles. The zero-order valence-corrected chi connectivity index (χ0v) is 16.9. The number of benzene rings is 2. The number of amides is 1. The van der Waals surface area contributed by atoms with E-state index in [4.69, 9.17) is 9.26 Å². The van der Waals surface area contributed by atoms with Crippen LogP contribution in [0, 0.1) is 0 Å². The lowest BCUT2D eigenvalue weighted by atomic mass is 10.2. The fourth-order valence-electron chi connectivity index (χ4n) is 2.86. The SMILES string of the molecule is CCCCC[C@@H](NC(=O)OCc1ccccc1)[P@@](=O)(OC)c1ccccc1. The van der Waals surface area contributed by atoms with Crippen molar-refractivity contribution in [3.63, 3.8) is 0 Å². The predicted molar refractivity (Wildman–Crippen MR) is 108 cm³/mol. The number of ether oxygens (including phenoxy) is 1. The molecule has 6 heteroatoms. The first-order valence-corrected chi connectivity index (χ1v) is 11.0. The maximum atomic E-state index is 13.6. The normalized spacial score (nSPS) is 14.1. The van der Waals surface area contributed by atoms with Crippen molar-refractivity contribution in [3.05, 3.63) is 66.2 Å². The molecule has 0 heterocycles. The highest BCUT2D eigenvalue weighted by atomic mass is 31.2. The van der Waals surface area contributed by atoms with Crippen LogP contribution in [0.3, 0.4) is 0 Å². The van der Waals surface area contributed by atoms with Crippen LogP contribution in [0.15, 0.2) is 60.7 Å². The van der Waals surface area contributed by atoms with Crippen molar-refractivity contribution >= 4 is 18.8 Å². The molecule has 0 spiro atoms. The Bertz CT molecular complexity index is 736. The van der Waals surface area contributed by atoms with E-state index in [1.54, 1.807) is 12.1 Å². The van der Waals surface area contributed by atoms with Crippen LogP contribution >= 0.6 is 7.37 Å². The summed E-state index contributed by atoms with van der Waals surface area (Å²) in [5, 5.41) is 3.38. The lowest BCUT2D eigenvalue weighted by Gasteiger charge is -2.27. The van der Waals surface area contributed by atoms with Gasteiger partial charge in [-0.05, 0) is 24.1 Å². The third-order valence-electron chi connectivity index (χ3n) is 4.38. The minimum Gasteiger partial charge on any atom is -0.445 e. The molecule has 2 aromatic rings. The van der Waals surface area contributed by atoms with E-state index in [0.29, 0.717) is 11.7 Å². The molecule has 146 valence electrons. The van der Waals surface area contributed by atoms with Crippen LogP contribution in [0.25, 0.3) is 0 Å². The monoisotopic (exact) mass is 389 g/mol. The summed E-state index contributed by atoms with van der Waals surface area (Å²) in [5.74, 6) is -0.625. The van der Waals surface area contributed by atoms with Crippen LogP contribution in [-0.2, 0) is 20.4 Å². The Kier molecular flexibility index (Phi) is 8.56. The Morgan fingerprint density at radius 1 is 1.04 bits per heavy atom. The molecule has 2 rings (SSSR count). The second kappa shape index (κ2) is 10.9. The molecule has 0 radical (unpaired) electrons. The van der Waals surface area contributed by atoms with Crippen molar-refractivity contribution in [1.29, 1.82) is 0 Å². The summed E-state index contributed by atoms with van der Waals surface area (Å²) in [6, 6.07) is 18.5. The topological polar surface area (TPSA) is 64.6 Å². The largest absolute Gasteiger partial charge is 0.445 e. The number of hydrogen-bond donors (Lipinski definition) is 1. The van der Waals surface area contributed by atoms with Gasteiger partial charge in [-0.25, -0.2) is 4.79 Å². The maximum absolute atomic E-state index is 13.6. The first-order chi connectivity index (χ1) is 13.1. The molecule has 0 saturated carbocycles. The van der Waals surface area contributed by atoms with Gasteiger partial charge in [-0.2, -0.15) is 0 Å². The molecule has 27 heavy (non-hydrogen) atoms. The van der Waals surface area contributed by atoms with Crippen molar-refractivity contribution in [2.45, 2.75) is 45.0 Å². The van der Waals surface area contributed by atoms with Gasteiger partial charge in [0.15, 0.2) is 0 Å². The number of alkyl carbamates (subject to hydrolysis) is 1. The molecule has 0 aliphatic rings. The summed E-state index contributed by atoms with van der Waals surface area (Å²) < 4.78 is 24.4. The molecule has 0 aromatic heterocycles. The molecule has 2 aromatic carbocycles. The van der Waals surface area contributed by atoms with E-state index in [2.05, 4.69) is 12.2 Å². The number of rotatable bonds is 10. The van der Waals surface area contributed by atoms with Gasteiger partial charge in [0, 0.05) is 12.4 Å². The fraction of sp³-hybridized carbons (Fsp3) is 0.381. The molecule has 0 aliphatic heterocycles. The standard InChI is InChI=1S/C21H28NO4P/c1-3-4-7-16-20(27(24,25-2)19-14-10-6-11-15-19)22-21(23)26-17-18-12-8-5-9-13-18/h5-6,8-15,20H,3-4,7,16-17H2,1-2H3,(H,22,23)/t20-,27-/m0/s1. The van der Waals surface area contributed by atoms with E-state index in [-0.39, 0.29) is 6.61 Å². The van der Waals surface area contributed by atoms with Crippen LogP contribution in [0.2, 0.25) is 0 Å². The zero-order valence-electron chi connectivity index (χ0n) is 16.0. The Labute approximate surface area is 161 Å². The lowest BCUT2D eigenvalue weighted by molar-refractivity contribution is 0.137. The summed E-state index contributed by atoms with van der Waals surface area (Å²) in [6.07, 6.45) is 2.85. The van der Waals surface area contributed by atoms with Crippen LogP contribution in [-0.4, -0.2) is 19.0 Å². The van der Waals surface area contributed by atoms with Gasteiger partial charge in [-0.15, -0.1) is 0 Å². The van der Waals surface area contributed by atoms with Crippen LogP contribution in [0.5, 0.6) is 0 Å². The molecule has 1 amide bonds. The summed E-state index contributed by atoms with van der Waals surface area (Å²) in [5.41, 5.74) is 0.896. The van der Waals surface area contributed by atoms with Gasteiger partial charge in [0.25, 0.3) is 7.37 Å². The highest BCUT2D eigenvalue weighted by molar-refractivity contribution is 7.67. The molecule has 2 atom stereocenters. The molecule has 0 bridgehead atoms. The Morgan fingerprint density at radius 3 is 2.26 bits per heavy atom. The Balaban J connectivity index is 2.10. The fourth-order valence-corrected chi connectivity index (χ4v) is 5.07. The Hall–Kier alpha value is -2.10. The van der Waals surface area contributed by atoms with Crippen molar-refractivity contribution in [2.24, 2.45) is 0 Å². The quantitative estimate of drug-likeness (QED) is 0.455. The number of hydrogen-bond acceptors (Lipinski definition) is 4. The highest BCUT2D eigenvalue weighted by Gasteiger charge is 2.36. The first kappa shape index (κ1) is 21.2. The number of unbranched alkanes of at least 4 members (excludes halogenated alkanes) is 2. The second-order valence-electron chi connectivity index (χ2n) is 6.33. The molecular weight excluding hydrogens is 361 g/mol. The van der Waals surface area contributed by atoms with Gasteiger partial charge >= 0.3 is 6.09 Å². The maximum Gasteiger partial charge on any atom is 0.408 e. The van der Waals surface area contributed by atoms with Gasteiger partial charge < -0.3 is 14.6 Å². The molecule has 5 nitrogen and oxygen atoms in total. The van der Waals surface area contributed by atoms with Crippen molar-refractivity contribution in [2.75, 3.05) is 7.11 Å². The summed E-state index contributed by atoms with van der Waals surface area (Å²) in [4.78, 5) is 12.3.